The van der Waals surface area contributed by atoms with Crippen LogP contribution in [0.15, 0.2) is 4.99 Å². The lowest BCUT2D eigenvalue weighted by molar-refractivity contribution is -0.147. The van der Waals surface area contributed by atoms with Crippen LogP contribution in [-0.4, -0.2) is 194 Å². The standard InChI is InChI=1S/C47H79N15O20/c1-5-22(4)37(61-31(64)20-54-39(74)25(12-14-32(65)66)56-42(77)27(17-33(67)68)58-38(73)23(49)9-6-7-15-48)45(80)57-26(11-13-30(50)63)41(76)62-36(21(2)3)44(79)59-28(18-34(69)70)43(78)55-24(10-8-16-53-47(51)52)40(75)60-29(46(81)82)19-35(71)72/h21-29,36-37H,5-20,48-49H2,1-4H3,(H2,50,63)(H,54,74)(H,55,78)(H,56,77)(H,57,80)(H,58,73)(H,59,79)(H,60,75)(H,61,64)(H,62,76)(H,65,66)(H,67,68)(H,69,70)(H,71,72)(H,81,82)(H4,51,52,53)/t22-,23-,24-,25-,26-,27-,28-,29-,36-,37-/m0/s1. The molecule has 0 aromatic rings. The van der Waals surface area contributed by atoms with Gasteiger partial charge in [-0.15, -0.1) is 0 Å². The number of amides is 10. The zero-order chi connectivity index (χ0) is 63.0. The van der Waals surface area contributed by atoms with Crippen LogP contribution in [0.2, 0.25) is 0 Å². The monoisotopic (exact) mass is 1170 g/mol. The second kappa shape index (κ2) is 38.0. The number of hydrogen-bond donors (Lipinski definition) is 19. The van der Waals surface area contributed by atoms with Crippen LogP contribution < -0.4 is 76.5 Å². The second-order valence-electron chi connectivity index (χ2n) is 19.2. The number of unbranched alkanes of at least 4 members (excludes halogenated alkanes) is 1. The molecular formula is C47H79N15O20. The van der Waals surface area contributed by atoms with Crippen molar-refractivity contribution in [2.45, 2.75) is 166 Å². The number of carboxylic acid groups (broad SMARTS) is 5. The number of aliphatic carboxylic acids is 5. The maximum absolute atomic E-state index is 14.0. The molecule has 0 unspecified atom stereocenters. The number of guanidine groups is 1. The van der Waals surface area contributed by atoms with E-state index in [2.05, 4.69) is 47.5 Å². The van der Waals surface area contributed by atoms with E-state index in [0.29, 0.717) is 19.4 Å². The number of nitrogens with zero attached hydrogens (tertiary/aromatic N) is 1. The van der Waals surface area contributed by atoms with Crippen LogP contribution in [0, 0.1) is 11.8 Å². The summed E-state index contributed by atoms with van der Waals surface area (Å²) in [7, 11) is 0. The summed E-state index contributed by atoms with van der Waals surface area (Å²) < 4.78 is 0. The summed E-state index contributed by atoms with van der Waals surface area (Å²) in [5.41, 5.74) is 27.3. The van der Waals surface area contributed by atoms with Crippen LogP contribution in [0.1, 0.15) is 111 Å². The molecule has 35 nitrogen and oxygen atoms in total. The molecule has 0 saturated carbocycles. The molecule has 0 spiro atoms. The fourth-order valence-electron chi connectivity index (χ4n) is 7.27. The Bertz CT molecular complexity index is 2320. The quantitative estimate of drug-likeness (QED) is 0.0153. The van der Waals surface area contributed by atoms with Gasteiger partial charge in [-0.25, -0.2) is 4.79 Å². The normalized spacial score (nSPS) is 14.5. The predicted molar refractivity (Wildman–Crippen MR) is 283 cm³/mol. The molecule has 0 rings (SSSR count). The molecule has 0 radical (unpaired) electrons. The number of carbonyl (C=O) groups is 15. The maximum Gasteiger partial charge on any atom is 0.326 e. The van der Waals surface area contributed by atoms with Crippen molar-refractivity contribution < 1.29 is 97.5 Å². The minimum Gasteiger partial charge on any atom is -0.481 e. The number of carbonyl (C=O) groups excluding carboxylic acids is 10. The SMILES string of the molecule is CC[C@H](C)[C@H](NC(=O)CNC(=O)[C@H](CCC(=O)O)NC(=O)[C@H](CC(=O)O)NC(=O)[C@@H](N)CCCCN)C(=O)N[C@@H](CCC(N)=O)C(=O)N[C@H](C(=O)N[C@@H](CC(=O)O)C(=O)N[C@@H](CCCN=C(N)N)C(=O)N[C@@H](CC(=O)O)C(=O)O)C(C)C. The van der Waals surface area contributed by atoms with Gasteiger partial charge >= 0.3 is 29.8 Å². The summed E-state index contributed by atoms with van der Waals surface area (Å²) in [5.74, 6) is -21.1. The van der Waals surface area contributed by atoms with Gasteiger partial charge in [0.25, 0.3) is 0 Å². The number of nitrogens with one attached hydrogen (secondary N) is 9. The van der Waals surface area contributed by atoms with E-state index in [9.17, 15) is 92.3 Å². The smallest absolute Gasteiger partial charge is 0.326 e. The minimum absolute atomic E-state index is 0.0558. The van der Waals surface area contributed by atoms with Crippen molar-refractivity contribution in [3.05, 3.63) is 0 Å². The van der Waals surface area contributed by atoms with Crippen LogP contribution in [-0.2, 0) is 71.9 Å². The molecule has 10 amide bonds. The van der Waals surface area contributed by atoms with Gasteiger partial charge in [0.2, 0.25) is 59.1 Å². The average Bonchev–Trinajstić information content (AvgIpc) is 3.37. The number of aliphatic imine (C=N–C) groups is 1. The van der Waals surface area contributed by atoms with Crippen molar-refractivity contribution in [1.82, 2.24) is 47.9 Å². The van der Waals surface area contributed by atoms with Gasteiger partial charge in [0.1, 0.15) is 48.3 Å². The third-order valence-electron chi connectivity index (χ3n) is 12.0. The number of rotatable bonds is 42. The highest BCUT2D eigenvalue weighted by Gasteiger charge is 2.37. The largest absolute Gasteiger partial charge is 0.481 e. The first-order chi connectivity index (χ1) is 38.2. The van der Waals surface area contributed by atoms with E-state index in [1.165, 1.54) is 20.8 Å². The van der Waals surface area contributed by atoms with Gasteiger partial charge < -0.3 is 102 Å². The highest BCUT2D eigenvalue weighted by atomic mass is 16.4. The molecule has 0 aromatic heterocycles. The Balaban J connectivity index is 6.57. The summed E-state index contributed by atoms with van der Waals surface area (Å²) in [6, 6.07) is -15.2. The van der Waals surface area contributed by atoms with Gasteiger partial charge in [-0.2, -0.15) is 0 Å². The molecule has 10 atom stereocenters. The summed E-state index contributed by atoms with van der Waals surface area (Å²) in [4.78, 5) is 195. The second-order valence-corrected chi connectivity index (χ2v) is 19.2. The minimum atomic E-state index is -2.01. The number of carboxylic acids is 5. The Kier molecular flexibility index (Phi) is 33.9. The van der Waals surface area contributed by atoms with Crippen molar-refractivity contribution in [2.24, 2.45) is 45.5 Å². The summed E-state index contributed by atoms with van der Waals surface area (Å²) in [6.07, 6.45) is -4.67. The Morgan fingerprint density at radius 2 is 0.902 bits per heavy atom. The number of hydrogen-bond acceptors (Lipinski definition) is 18. The molecule has 0 aliphatic heterocycles. The molecule has 0 aromatic carbocycles. The lowest BCUT2D eigenvalue weighted by Gasteiger charge is -2.29. The van der Waals surface area contributed by atoms with Crippen LogP contribution in [0.5, 0.6) is 0 Å². The van der Waals surface area contributed by atoms with Crippen LogP contribution in [0.3, 0.4) is 0 Å². The van der Waals surface area contributed by atoms with Crippen molar-refractivity contribution in [3.63, 3.8) is 0 Å². The lowest BCUT2D eigenvalue weighted by Crippen LogP contribution is -2.61. The zero-order valence-corrected chi connectivity index (χ0v) is 45.9. The molecule has 0 fully saturated rings. The van der Waals surface area contributed by atoms with E-state index in [0.717, 1.165) is 0 Å². The molecule has 0 aliphatic carbocycles. The van der Waals surface area contributed by atoms with E-state index in [4.69, 9.17) is 33.8 Å². The van der Waals surface area contributed by atoms with Crippen molar-refractivity contribution in [2.75, 3.05) is 19.6 Å². The Morgan fingerprint density at radius 1 is 0.463 bits per heavy atom. The van der Waals surface area contributed by atoms with E-state index >= 15 is 0 Å². The Morgan fingerprint density at radius 3 is 1.38 bits per heavy atom. The first kappa shape index (κ1) is 73.2. The third kappa shape index (κ3) is 30.0. The first-order valence-corrected chi connectivity index (χ1v) is 25.8. The van der Waals surface area contributed by atoms with E-state index in [1.54, 1.807) is 6.92 Å². The van der Waals surface area contributed by atoms with Crippen molar-refractivity contribution in [1.29, 1.82) is 0 Å². The lowest BCUT2D eigenvalue weighted by atomic mass is 9.97. The zero-order valence-electron chi connectivity index (χ0n) is 45.9. The third-order valence-corrected chi connectivity index (χ3v) is 12.0. The molecule has 24 N–H and O–H groups in total. The molecule has 82 heavy (non-hydrogen) atoms. The highest BCUT2D eigenvalue weighted by molar-refractivity contribution is 5.99. The first-order valence-electron chi connectivity index (χ1n) is 25.8. The van der Waals surface area contributed by atoms with Gasteiger partial charge in [-0.1, -0.05) is 40.5 Å². The molecule has 0 heterocycles. The number of nitrogens with two attached hydrogens (primary N) is 5. The van der Waals surface area contributed by atoms with Gasteiger partial charge in [0.15, 0.2) is 5.96 Å². The van der Waals surface area contributed by atoms with Gasteiger partial charge in [-0.3, -0.25) is 72.1 Å². The molecule has 0 aliphatic rings. The molecule has 0 bridgehead atoms. The predicted octanol–water partition coefficient (Wildman–Crippen LogP) is -7.17. The molecule has 35 heteroatoms. The molecular weight excluding hydrogens is 1090 g/mol. The summed E-state index contributed by atoms with van der Waals surface area (Å²) >= 11 is 0. The fourth-order valence-corrected chi connectivity index (χ4v) is 7.27. The number of primary amides is 1. The van der Waals surface area contributed by atoms with E-state index in [-0.39, 0.29) is 38.2 Å². The van der Waals surface area contributed by atoms with Gasteiger partial charge in [0.05, 0.1) is 31.8 Å². The molecule has 462 valence electrons. The van der Waals surface area contributed by atoms with E-state index < -0.39 is 207 Å². The topological polar surface area (TPSA) is 608 Å². The fraction of sp³-hybridized carbons (Fsp3) is 0.660. The summed E-state index contributed by atoms with van der Waals surface area (Å²) in [5, 5.41) is 67.1. The summed E-state index contributed by atoms with van der Waals surface area (Å²) in [6.45, 7) is 5.21. The maximum atomic E-state index is 14.0. The van der Waals surface area contributed by atoms with Crippen LogP contribution in [0.4, 0.5) is 0 Å². The van der Waals surface area contributed by atoms with Crippen LogP contribution >= 0.6 is 0 Å². The Labute approximate surface area is 469 Å². The van der Waals surface area contributed by atoms with Crippen molar-refractivity contribution in [3.8, 4) is 0 Å². The average molecular weight is 1170 g/mol. The molecule has 0 saturated heterocycles. The van der Waals surface area contributed by atoms with Crippen molar-refractivity contribution >= 4 is 94.9 Å². The van der Waals surface area contributed by atoms with Gasteiger partial charge in [0, 0.05) is 19.4 Å². The highest BCUT2D eigenvalue weighted by Crippen LogP contribution is 2.12. The van der Waals surface area contributed by atoms with Crippen LogP contribution in [0.25, 0.3) is 0 Å². The van der Waals surface area contributed by atoms with E-state index in [1.807, 2.05) is 5.32 Å². The Hall–Kier alpha value is -8.76. The van der Waals surface area contributed by atoms with Gasteiger partial charge in [-0.05, 0) is 56.9 Å².